The Hall–Kier alpha value is -3.20. The van der Waals surface area contributed by atoms with Gasteiger partial charge in [0.2, 0.25) is 5.91 Å². The van der Waals surface area contributed by atoms with Crippen LogP contribution in [0.3, 0.4) is 0 Å². The van der Waals surface area contributed by atoms with Crippen molar-refractivity contribution in [3.63, 3.8) is 0 Å². The van der Waals surface area contributed by atoms with Gasteiger partial charge in [0.1, 0.15) is 0 Å². The number of carboxylic acid groups (broad SMARTS) is 2. The van der Waals surface area contributed by atoms with Crippen molar-refractivity contribution in [1.29, 1.82) is 0 Å². The summed E-state index contributed by atoms with van der Waals surface area (Å²) in [7, 11) is 0. The molecule has 0 spiro atoms. The first kappa shape index (κ1) is 24.1. The lowest BCUT2D eigenvalue weighted by Crippen LogP contribution is -2.42. The van der Waals surface area contributed by atoms with Gasteiger partial charge in [0, 0.05) is 13.1 Å². The summed E-state index contributed by atoms with van der Waals surface area (Å²) in [4.78, 5) is 36.8. The van der Waals surface area contributed by atoms with Crippen LogP contribution in [-0.2, 0) is 20.9 Å². The molecule has 1 saturated heterocycles. The number of benzene rings is 1. The zero-order valence-electron chi connectivity index (χ0n) is 18.0. The van der Waals surface area contributed by atoms with E-state index < -0.39 is 11.9 Å². The lowest BCUT2D eigenvalue weighted by Gasteiger charge is -2.31. The molecule has 3 N–H and O–H groups in total. The van der Waals surface area contributed by atoms with Crippen LogP contribution >= 0.6 is 0 Å². The number of amides is 1. The van der Waals surface area contributed by atoms with Crippen LogP contribution in [0.5, 0.6) is 0 Å². The van der Waals surface area contributed by atoms with Crippen LogP contribution in [0.15, 0.2) is 31.1 Å². The summed E-state index contributed by atoms with van der Waals surface area (Å²) in [5, 5.41) is 17.6. The molecule has 2 aromatic rings. The number of aryl methyl sites for hydroxylation is 2. The molecule has 1 aliphatic heterocycles. The maximum atomic E-state index is 11.8. The summed E-state index contributed by atoms with van der Waals surface area (Å²) in [6.07, 6.45) is 5.93. The third-order valence-corrected chi connectivity index (χ3v) is 5.39. The molecule has 0 aliphatic carbocycles. The number of carbonyl (C=O) groups excluding carboxylic acids is 1. The number of fused-ring (bicyclic) bond motifs is 1. The summed E-state index contributed by atoms with van der Waals surface area (Å²) >= 11 is 0. The van der Waals surface area contributed by atoms with Gasteiger partial charge in [0.25, 0.3) is 0 Å². The fraction of sp³-hybridized carbons (Fsp3) is 0.455. The maximum Gasteiger partial charge on any atom is 0.414 e. The van der Waals surface area contributed by atoms with Crippen molar-refractivity contribution in [2.75, 3.05) is 26.2 Å². The zero-order chi connectivity index (χ0) is 23.0. The number of nitrogens with zero attached hydrogens (tertiary/aromatic N) is 3. The molecule has 31 heavy (non-hydrogen) atoms. The van der Waals surface area contributed by atoms with Crippen molar-refractivity contribution >= 4 is 28.9 Å². The molecule has 0 bridgehead atoms. The lowest BCUT2D eigenvalue weighted by atomic mass is 9.96. The molecule has 0 saturated carbocycles. The van der Waals surface area contributed by atoms with E-state index >= 15 is 0 Å². The number of likely N-dealkylation sites (tertiary alicyclic amines) is 1. The van der Waals surface area contributed by atoms with E-state index in [1.165, 1.54) is 16.6 Å². The van der Waals surface area contributed by atoms with E-state index in [1.807, 2.05) is 6.33 Å². The van der Waals surface area contributed by atoms with Crippen molar-refractivity contribution < 1.29 is 24.6 Å². The standard InChI is InChI=1S/C20H28N4O.C2H2O4/c1-4-7-21-20(25)13-23-8-5-17(6-9-23)12-24-14-22-18-10-15(2)16(3)11-19(18)24;3-1(4)2(5)6/h4,10-11,14,17H,1,5-9,12-13H2,2-3H3,(H,21,25);(H,3,4)(H,5,6). The van der Waals surface area contributed by atoms with Gasteiger partial charge >= 0.3 is 11.9 Å². The van der Waals surface area contributed by atoms with Crippen LogP contribution < -0.4 is 5.32 Å². The average Bonchev–Trinajstić information content (AvgIpc) is 3.10. The predicted molar refractivity (Wildman–Crippen MR) is 117 cm³/mol. The second kappa shape index (κ2) is 11.3. The number of hydrogen-bond donors (Lipinski definition) is 3. The Balaban J connectivity index is 0.000000501. The molecule has 9 nitrogen and oxygen atoms in total. The Morgan fingerprint density at radius 3 is 2.35 bits per heavy atom. The molecule has 1 fully saturated rings. The predicted octanol–water partition coefficient (Wildman–Crippen LogP) is 1.82. The SMILES string of the molecule is C=CCNC(=O)CN1CCC(Cn2cnc3cc(C)c(C)cc32)CC1.O=C(O)C(=O)O. The first-order chi connectivity index (χ1) is 14.7. The molecule has 1 aliphatic rings. The minimum Gasteiger partial charge on any atom is -0.473 e. The number of imidazole rings is 1. The van der Waals surface area contributed by atoms with Crippen LogP contribution in [0.1, 0.15) is 24.0 Å². The fourth-order valence-corrected chi connectivity index (χ4v) is 3.51. The summed E-state index contributed by atoms with van der Waals surface area (Å²) in [6.45, 7) is 11.9. The summed E-state index contributed by atoms with van der Waals surface area (Å²) in [6, 6.07) is 4.42. The summed E-state index contributed by atoms with van der Waals surface area (Å²) < 4.78 is 2.29. The average molecular weight is 431 g/mol. The number of rotatable bonds is 6. The Morgan fingerprint density at radius 2 is 1.77 bits per heavy atom. The molecule has 1 aromatic carbocycles. The van der Waals surface area contributed by atoms with Gasteiger partial charge in [-0.05, 0) is 69.0 Å². The molecule has 0 atom stereocenters. The van der Waals surface area contributed by atoms with E-state index in [0.29, 0.717) is 19.0 Å². The number of hydrogen-bond acceptors (Lipinski definition) is 5. The number of aromatic nitrogens is 2. The van der Waals surface area contributed by atoms with Crippen molar-refractivity contribution in [3.05, 3.63) is 42.2 Å². The van der Waals surface area contributed by atoms with Crippen LogP contribution in [-0.4, -0.2) is 68.7 Å². The van der Waals surface area contributed by atoms with Gasteiger partial charge in [-0.2, -0.15) is 0 Å². The van der Waals surface area contributed by atoms with E-state index in [9.17, 15) is 4.79 Å². The largest absolute Gasteiger partial charge is 0.473 e. The van der Waals surface area contributed by atoms with E-state index in [2.05, 4.69) is 52.3 Å². The molecule has 3 rings (SSSR count). The first-order valence-corrected chi connectivity index (χ1v) is 10.2. The number of nitrogens with one attached hydrogen (secondary N) is 1. The van der Waals surface area contributed by atoms with Gasteiger partial charge in [0.05, 0.1) is 23.9 Å². The van der Waals surface area contributed by atoms with Gasteiger partial charge in [0.15, 0.2) is 0 Å². The van der Waals surface area contributed by atoms with Crippen molar-refractivity contribution in [2.45, 2.75) is 33.2 Å². The molecule has 168 valence electrons. The number of carboxylic acids is 2. The van der Waals surface area contributed by atoms with Crippen LogP contribution in [0.2, 0.25) is 0 Å². The molecule has 0 radical (unpaired) electrons. The number of aliphatic carboxylic acids is 2. The minimum atomic E-state index is -1.82. The second-order valence-electron chi connectivity index (χ2n) is 7.74. The number of piperidine rings is 1. The monoisotopic (exact) mass is 430 g/mol. The quantitative estimate of drug-likeness (QED) is 0.472. The third kappa shape index (κ3) is 7.21. The van der Waals surface area contributed by atoms with Gasteiger partial charge in [-0.1, -0.05) is 6.08 Å². The summed E-state index contributed by atoms with van der Waals surface area (Å²) in [5.41, 5.74) is 4.92. The lowest BCUT2D eigenvalue weighted by molar-refractivity contribution is -0.159. The van der Waals surface area contributed by atoms with Gasteiger partial charge < -0.3 is 20.1 Å². The topological polar surface area (TPSA) is 125 Å². The highest BCUT2D eigenvalue weighted by molar-refractivity contribution is 6.27. The molecular formula is C22H30N4O5. The Labute approximate surface area is 181 Å². The van der Waals surface area contributed by atoms with E-state index in [0.717, 1.165) is 38.0 Å². The molecule has 2 heterocycles. The highest BCUT2D eigenvalue weighted by atomic mass is 16.4. The Morgan fingerprint density at radius 1 is 1.16 bits per heavy atom. The van der Waals surface area contributed by atoms with Gasteiger partial charge in [-0.25, -0.2) is 14.6 Å². The second-order valence-corrected chi connectivity index (χ2v) is 7.74. The smallest absolute Gasteiger partial charge is 0.414 e. The van der Waals surface area contributed by atoms with Crippen LogP contribution in [0.25, 0.3) is 11.0 Å². The molecule has 0 unspecified atom stereocenters. The Bertz CT molecular complexity index is 933. The molecule has 9 heteroatoms. The molecule has 1 amide bonds. The van der Waals surface area contributed by atoms with Crippen molar-refractivity contribution in [2.24, 2.45) is 5.92 Å². The first-order valence-electron chi connectivity index (χ1n) is 10.2. The van der Waals surface area contributed by atoms with Crippen molar-refractivity contribution in [3.8, 4) is 0 Å². The van der Waals surface area contributed by atoms with E-state index in [-0.39, 0.29) is 5.91 Å². The van der Waals surface area contributed by atoms with Gasteiger partial charge in [-0.15, -0.1) is 6.58 Å². The summed E-state index contributed by atoms with van der Waals surface area (Å²) in [5.74, 6) is -2.92. The molecular weight excluding hydrogens is 400 g/mol. The van der Waals surface area contributed by atoms with Crippen molar-refractivity contribution in [1.82, 2.24) is 19.8 Å². The maximum absolute atomic E-state index is 11.8. The highest BCUT2D eigenvalue weighted by Crippen LogP contribution is 2.23. The molecule has 1 aromatic heterocycles. The van der Waals surface area contributed by atoms with E-state index in [4.69, 9.17) is 19.8 Å². The van der Waals surface area contributed by atoms with Crippen LogP contribution in [0, 0.1) is 19.8 Å². The van der Waals surface area contributed by atoms with Crippen LogP contribution in [0.4, 0.5) is 0 Å². The third-order valence-electron chi connectivity index (χ3n) is 5.39. The number of carbonyl (C=O) groups is 3. The van der Waals surface area contributed by atoms with Gasteiger partial charge in [-0.3, -0.25) is 9.69 Å². The zero-order valence-corrected chi connectivity index (χ0v) is 18.0. The fourth-order valence-electron chi connectivity index (χ4n) is 3.51. The highest BCUT2D eigenvalue weighted by Gasteiger charge is 2.21. The van der Waals surface area contributed by atoms with E-state index in [1.54, 1.807) is 6.08 Å². The normalized spacial score (nSPS) is 14.5. The Kier molecular flexibility index (Phi) is 8.75. The minimum absolute atomic E-state index is 0.0878.